The lowest BCUT2D eigenvalue weighted by atomic mass is 9.96. The lowest BCUT2D eigenvalue weighted by molar-refractivity contribution is -0.114. The molecule has 12 heavy (non-hydrogen) atoms. The summed E-state index contributed by atoms with van der Waals surface area (Å²) in [4.78, 5) is 2.61. The first-order chi connectivity index (χ1) is 5.77. The Hall–Kier alpha value is -0.0800. The van der Waals surface area contributed by atoms with Gasteiger partial charge >= 0.3 is 0 Å². The highest BCUT2D eigenvalue weighted by Gasteiger charge is 2.33. The van der Waals surface area contributed by atoms with Crippen molar-refractivity contribution in [1.82, 2.24) is 4.90 Å². The third-order valence-electron chi connectivity index (χ3n) is 3.14. The second kappa shape index (κ2) is 3.35. The van der Waals surface area contributed by atoms with Gasteiger partial charge in [-0.05, 0) is 33.2 Å². The monoisotopic (exact) mass is 169 g/mol. The molecule has 0 aromatic heterocycles. The van der Waals surface area contributed by atoms with Crippen LogP contribution < -0.4 is 0 Å². The molecule has 0 saturated carbocycles. The van der Waals surface area contributed by atoms with Gasteiger partial charge in [0, 0.05) is 12.6 Å². The zero-order chi connectivity index (χ0) is 8.55. The van der Waals surface area contributed by atoms with E-state index in [0.29, 0.717) is 12.2 Å². The largest absolute Gasteiger partial charge is 0.373 e. The van der Waals surface area contributed by atoms with Crippen LogP contribution in [0.15, 0.2) is 0 Å². The highest BCUT2D eigenvalue weighted by atomic mass is 16.5. The van der Waals surface area contributed by atoms with Crippen molar-refractivity contribution >= 4 is 0 Å². The van der Waals surface area contributed by atoms with Gasteiger partial charge in [0.25, 0.3) is 0 Å². The number of nitrogens with zero attached hydrogens (tertiary/aromatic N) is 1. The predicted octanol–water partition coefficient (Wildman–Crippen LogP) is 1.65. The molecule has 1 unspecified atom stereocenters. The first-order valence-corrected chi connectivity index (χ1v) is 5.17. The Morgan fingerprint density at radius 2 is 2.08 bits per heavy atom. The van der Waals surface area contributed by atoms with Gasteiger partial charge in [-0.1, -0.05) is 6.42 Å². The van der Waals surface area contributed by atoms with Crippen LogP contribution in [0.3, 0.4) is 0 Å². The van der Waals surface area contributed by atoms with E-state index in [0.717, 1.165) is 12.6 Å². The molecule has 0 spiro atoms. The van der Waals surface area contributed by atoms with Crippen LogP contribution in [0.4, 0.5) is 0 Å². The minimum atomic E-state index is 0.439. The van der Waals surface area contributed by atoms with E-state index in [1.54, 1.807) is 0 Å². The number of piperidine rings is 1. The first-order valence-electron chi connectivity index (χ1n) is 5.17. The molecule has 0 radical (unpaired) electrons. The Labute approximate surface area is 74.9 Å². The van der Waals surface area contributed by atoms with E-state index in [1.165, 1.54) is 25.8 Å². The van der Waals surface area contributed by atoms with E-state index >= 15 is 0 Å². The molecule has 2 fully saturated rings. The summed E-state index contributed by atoms with van der Waals surface area (Å²) in [6.45, 7) is 6.84. The second-order valence-electron chi connectivity index (χ2n) is 4.21. The van der Waals surface area contributed by atoms with E-state index < -0.39 is 0 Å². The molecule has 70 valence electrons. The molecule has 2 nitrogen and oxygen atoms in total. The number of ether oxygens (including phenoxy) is 1. The molecule has 2 heteroatoms. The summed E-state index contributed by atoms with van der Waals surface area (Å²) in [7, 11) is 0. The fourth-order valence-corrected chi connectivity index (χ4v) is 2.61. The van der Waals surface area contributed by atoms with Crippen molar-refractivity contribution in [3.8, 4) is 0 Å². The van der Waals surface area contributed by atoms with E-state index in [4.69, 9.17) is 4.74 Å². The van der Waals surface area contributed by atoms with Crippen LogP contribution in [0, 0.1) is 0 Å². The van der Waals surface area contributed by atoms with Gasteiger partial charge in [0.1, 0.15) is 0 Å². The van der Waals surface area contributed by atoms with Crippen molar-refractivity contribution in [3.05, 3.63) is 0 Å². The van der Waals surface area contributed by atoms with Gasteiger partial charge in [0.05, 0.1) is 12.2 Å². The molecular formula is C10H19NO. The molecule has 2 aliphatic rings. The standard InChI is InChI=1S/C10H19NO/c1-8-7-11-6-4-3-5-10(11)9(2)12-8/h8-10H,3-7H2,1-2H3/t8-,9+,10?/m0/s1. The van der Waals surface area contributed by atoms with E-state index in [1.807, 2.05) is 0 Å². The van der Waals surface area contributed by atoms with E-state index in [-0.39, 0.29) is 0 Å². The molecule has 2 saturated heterocycles. The van der Waals surface area contributed by atoms with Gasteiger partial charge in [-0.2, -0.15) is 0 Å². The minimum Gasteiger partial charge on any atom is -0.373 e. The van der Waals surface area contributed by atoms with Gasteiger partial charge < -0.3 is 4.74 Å². The number of hydrogen-bond donors (Lipinski definition) is 0. The zero-order valence-electron chi connectivity index (χ0n) is 8.12. The van der Waals surface area contributed by atoms with E-state index in [2.05, 4.69) is 18.7 Å². The summed E-state index contributed by atoms with van der Waals surface area (Å²) in [5, 5.41) is 0. The number of rotatable bonds is 0. The van der Waals surface area contributed by atoms with Crippen LogP contribution in [-0.2, 0) is 4.74 Å². The predicted molar refractivity (Wildman–Crippen MR) is 49.2 cm³/mol. The maximum Gasteiger partial charge on any atom is 0.0706 e. The summed E-state index contributed by atoms with van der Waals surface area (Å²) in [5.41, 5.74) is 0. The molecule has 2 aliphatic heterocycles. The fraction of sp³-hybridized carbons (Fsp3) is 1.00. The van der Waals surface area contributed by atoms with Gasteiger partial charge in [0.15, 0.2) is 0 Å². The van der Waals surface area contributed by atoms with Crippen LogP contribution in [0.5, 0.6) is 0 Å². The maximum atomic E-state index is 5.81. The van der Waals surface area contributed by atoms with Gasteiger partial charge in [-0.15, -0.1) is 0 Å². The molecule has 0 N–H and O–H groups in total. The molecule has 2 heterocycles. The lowest BCUT2D eigenvalue weighted by Crippen LogP contribution is -2.54. The molecule has 0 amide bonds. The Balaban J connectivity index is 2.01. The first kappa shape index (κ1) is 8.52. The van der Waals surface area contributed by atoms with Crippen molar-refractivity contribution in [3.63, 3.8) is 0 Å². The maximum absolute atomic E-state index is 5.81. The van der Waals surface area contributed by atoms with E-state index in [9.17, 15) is 0 Å². The molecule has 0 bridgehead atoms. The highest BCUT2D eigenvalue weighted by molar-refractivity contribution is 4.86. The number of morpholine rings is 1. The SMILES string of the molecule is C[C@H]1CN2CCCCC2[C@@H](C)O1. The zero-order valence-corrected chi connectivity index (χ0v) is 8.12. The minimum absolute atomic E-state index is 0.439. The normalized spacial score (nSPS) is 44.0. The Kier molecular flexibility index (Phi) is 2.37. The van der Waals surface area contributed by atoms with Gasteiger partial charge in [-0.25, -0.2) is 0 Å². The smallest absolute Gasteiger partial charge is 0.0706 e. The number of fused-ring (bicyclic) bond motifs is 1. The van der Waals surface area contributed by atoms with Gasteiger partial charge in [0.2, 0.25) is 0 Å². The highest BCUT2D eigenvalue weighted by Crippen LogP contribution is 2.26. The average Bonchev–Trinajstić information content (AvgIpc) is 2.04. The molecule has 0 aromatic rings. The summed E-state index contributed by atoms with van der Waals surface area (Å²) in [6.07, 6.45) is 5.01. The summed E-state index contributed by atoms with van der Waals surface area (Å²) in [6, 6.07) is 0.718. The van der Waals surface area contributed by atoms with Crippen molar-refractivity contribution in [2.24, 2.45) is 0 Å². The molecule has 3 atom stereocenters. The van der Waals surface area contributed by atoms with Crippen molar-refractivity contribution in [2.45, 2.75) is 51.4 Å². The summed E-state index contributed by atoms with van der Waals surface area (Å²) >= 11 is 0. The topological polar surface area (TPSA) is 12.5 Å². The average molecular weight is 169 g/mol. The van der Waals surface area contributed by atoms with Crippen LogP contribution >= 0.6 is 0 Å². The van der Waals surface area contributed by atoms with Crippen LogP contribution in [0.25, 0.3) is 0 Å². The summed E-state index contributed by atoms with van der Waals surface area (Å²) < 4.78 is 5.81. The van der Waals surface area contributed by atoms with Crippen LogP contribution in [-0.4, -0.2) is 36.2 Å². The fourth-order valence-electron chi connectivity index (χ4n) is 2.61. The Morgan fingerprint density at radius 3 is 2.92 bits per heavy atom. The lowest BCUT2D eigenvalue weighted by Gasteiger charge is -2.45. The van der Waals surface area contributed by atoms with Crippen molar-refractivity contribution in [1.29, 1.82) is 0 Å². The van der Waals surface area contributed by atoms with Crippen LogP contribution in [0.1, 0.15) is 33.1 Å². The second-order valence-corrected chi connectivity index (χ2v) is 4.21. The third-order valence-corrected chi connectivity index (χ3v) is 3.14. The van der Waals surface area contributed by atoms with Crippen molar-refractivity contribution in [2.75, 3.05) is 13.1 Å². The molecule has 0 aliphatic carbocycles. The van der Waals surface area contributed by atoms with Crippen LogP contribution in [0.2, 0.25) is 0 Å². The Morgan fingerprint density at radius 1 is 1.25 bits per heavy atom. The Bertz CT molecular complexity index is 160. The third kappa shape index (κ3) is 1.50. The quantitative estimate of drug-likeness (QED) is 0.546. The molecular weight excluding hydrogens is 150 g/mol. The van der Waals surface area contributed by atoms with Crippen molar-refractivity contribution < 1.29 is 4.74 Å². The van der Waals surface area contributed by atoms with Gasteiger partial charge in [-0.3, -0.25) is 4.90 Å². The summed E-state index contributed by atoms with van der Waals surface area (Å²) in [5.74, 6) is 0. The number of hydrogen-bond acceptors (Lipinski definition) is 2. The molecule has 0 aromatic carbocycles. The molecule has 2 rings (SSSR count).